The van der Waals surface area contributed by atoms with Crippen LogP contribution in [0.15, 0.2) is 223 Å². The SMILES string of the molecule is [2H]c1c([2H])c([2H])c(-c2c([2H])c([2H])c3c(c2[2H])c2c([2H])c([2H])c([2H])c([2H])c2n3-c2ccc(-c3ccc(-c4ccccc4)cc3)cc2-c2nc(-c3ccccc3)nc(-c3ccc4c(c3)oc3ccccc34)n2)c([2H])c1[2H]. The summed E-state index contributed by atoms with van der Waals surface area (Å²) in [5.74, 6) is 0.705. The minimum atomic E-state index is -0.709. The lowest BCUT2D eigenvalue weighted by Gasteiger charge is -2.16. The third-order valence-corrected chi connectivity index (χ3v) is 11.0. The first kappa shape index (κ1) is 25.3. The third-order valence-electron chi connectivity index (χ3n) is 11.0. The van der Waals surface area contributed by atoms with Crippen molar-refractivity contribution in [3.63, 3.8) is 0 Å². The Labute approximate surface area is 374 Å². The van der Waals surface area contributed by atoms with Crippen LogP contribution in [0.3, 0.4) is 0 Å². The zero-order chi connectivity index (χ0) is 51.4. The predicted octanol–water partition coefficient (Wildman–Crippen LogP) is 14.9. The van der Waals surface area contributed by atoms with E-state index in [-0.39, 0.29) is 39.1 Å². The number of furan rings is 1. The van der Waals surface area contributed by atoms with Crippen LogP contribution in [0.5, 0.6) is 0 Å². The lowest BCUT2D eigenvalue weighted by atomic mass is 9.98. The number of benzene rings is 9. The molecule has 0 bridgehead atoms. The Hall–Kier alpha value is -8.41. The molecule has 0 unspecified atom stereocenters. The number of hydrogen-bond donors (Lipinski definition) is 0. The van der Waals surface area contributed by atoms with Crippen LogP contribution in [0.1, 0.15) is 16.4 Å². The first-order valence-electron chi connectivity index (χ1n) is 25.9. The molecule has 0 fully saturated rings. The smallest absolute Gasteiger partial charge is 0.166 e. The maximum atomic E-state index is 9.79. The van der Waals surface area contributed by atoms with E-state index in [1.165, 1.54) is 4.57 Å². The summed E-state index contributed by atoms with van der Waals surface area (Å²) in [6, 6.07) is 38.5. The van der Waals surface area contributed by atoms with E-state index in [1.54, 1.807) is 6.07 Å². The van der Waals surface area contributed by atoms with E-state index < -0.39 is 83.6 Å². The van der Waals surface area contributed by atoms with E-state index in [0.717, 1.165) is 27.5 Å². The van der Waals surface area contributed by atoms with E-state index in [1.807, 2.05) is 140 Å². The standard InChI is InChI=1S/C57H36N4O/c1-4-14-37(15-5-1)39-24-26-40(27-25-39)43-30-33-52(61-50-22-12-10-20-45(50)48-34-42(29-32-51(48)61)38-16-6-2-7-17-38)49(35-43)57-59-55(41-18-8-3-9-19-41)58-56(60-57)44-28-31-47-46-21-11-13-23-53(46)62-54(47)36-44/h1-36H/i2D,6D,7D,10D,12D,16D,17D,20D,22D,29D,32D,34D. The fourth-order valence-corrected chi connectivity index (χ4v) is 8.04. The predicted molar refractivity (Wildman–Crippen MR) is 254 cm³/mol. The van der Waals surface area contributed by atoms with Gasteiger partial charge in [0.05, 0.1) is 33.2 Å². The Kier molecular flexibility index (Phi) is 5.99. The van der Waals surface area contributed by atoms with Crippen LogP contribution < -0.4 is 0 Å². The Morgan fingerprint density at radius 2 is 0.968 bits per heavy atom. The van der Waals surface area contributed by atoms with Crippen LogP contribution in [-0.2, 0) is 0 Å². The Morgan fingerprint density at radius 1 is 0.371 bits per heavy atom. The maximum absolute atomic E-state index is 9.79. The van der Waals surface area contributed by atoms with Gasteiger partial charge in [-0.25, -0.2) is 15.0 Å². The summed E-state index contributed by atoms with van der Waals surface area (Å²) in [6.07, 6.45) is 0. The molecule has 5 heteroatoms. The summed E-state index contributed by atoms with van der Waals surface area (Å²) in [6.45, 7) is 0. The van der Waals surface area contributed by atoms with Crippen molar-refractivity contribution in [3.8, 4) is 73.2 Å². The average Bonchev–Trinajstić information content (AvgIpc) is 4.01. The zero-order valence-corrected chi connectivity index (χ0v) is 32.6. The third kappa shape index (κ3) is 6.14. The van der Waals surface area contributed by atoms with Crippen molar-refractivity contribution in [2.45, 2.75) is 0 Å². The molecule has 0 spiro atoms. The highest BCUT2D eigenvalue weighted by molar-refractivity contribution is 6.11. The lowest BCUT2D eigenvalue weighted by Crippen LogP contribution is -2.04. The highest BCUT2D eigenvalue weighted by Gasteiger charge is 2.21. The van der Waals surface area contributed by atoms with Crippen molar-refractivity contribution in [2.24, 2.45) is 0 Å². The molecule has 0 saturated heterocycles. The molecule has 9 aromatic carbocycles. The Balaban J connectivity index is 1.19. The molecule has 12 aromatic rings. The number of hydrogen-bond acceptors (Lipinski definition) is 4. The fourth-order valence-electron chi connectivity index (χ4n) is 8.04. The Morgan fingerprint density at radius 3 is 1.77 bits per heavy atom. The van der Waals surface area contributed by atoms with Gasteiger partial charge in [-0.1, -0.05) is 170 Å². The fraction of sp³-hybridized carbons (Fsp3) is 0. The molecular formula is C57H36N4O. The summed E-state index contributed by atoms with van der Waals surface area (Å²) < 4.78 is 116. The number of rotatable bonds is 7. The topological polar surface area (TPSA) is 56.7 Å². The molecule has 0 aliphatic rings. The largest absolute Gasteiger partial charge is 0.456 e. The molecule has 0 aliphatic carbocycles. The van der Waals surface area contributed by atoms with Crippen LogP contribution in [-0.4, -0.2) is 19.5 Å². The van der Waals surface area contributed by atoms with E-state index in [4.69, 9.17) is 29.0 Å². The molecule has 5 nitrogen and oxygen atoms in total. The van der Waals surface area contributed by atoms with Crippen molar-refractivity contribution in [1.82, 2.24) is 19.5 Å². The molecule has 62 heavy (non-hydrogen) atoms. The van der Waals surface area contributed by atoms with Gasteiger partial charge in [-0.05, 0) is 81.8 Å². The molecule has 3 heterocycles. The van der Waals surface area contributed by atoms with Crippen molar-refractivity contribution in [3.05, 3.63) is 218 Å². The van der Waals surface area contributed by atoms with Gasteiger partial charge in [0.1, 0.15) is 11.2 Å². The van der Waals surface area contributed by atoms with Gasteiger partial charge in [0.2, 0.25) is 0 Å². The van der Waals surface area contributed by atoms with Gasteiger partial charge in [0.15, 0.2) is 17.5 Å². The summed E-state index contributed by atoms with van der Waals surface area (Å²) in [7, 11) is 0. The lowest BCUT2D eigenvalue weighted by molar-refractivity contribution is 0.669. The zero-order valence-electron chi connectivity index (χ0n) is 44.6. The molecule has 3 aromatic heterocycles. The molecule has 0 amide bonds. The van der Waals surface area contributed by atoms with Crippen LogP contribution in [0.2, 0.25) is 0 Å². The van der Waals surface area contributed by atoms with Crippen LogP contribution in [0, 0.1) is 0 Å². The molecule has 0 saturated carbocycles. The van der Waals surface area contributed by atoms with Crippen molar-refractivity contribution in [1.29, 1.82) is 0 Å². The number of para-hydroxylation sites is 2. The second-order valence-corrected chi connectivity index (χ2v) is 14.7. The van der Waals surface area contributed by atoms with Crippen molar-refractivity contribution in [2.75, 3.05) is 0 Å². The Bertz CT molecular complexity index is 4300. The van der Waals surface area contributed by atoms with Crippen LogP contribution in [0.25, 0.3) is 117 Å². The number of aromatic nitrogens is 4. The van der Waals surface area contributed by atoms with E-state index in [9.17, 15) is 6.85 Å². The second kappa shape index (κ2) is 14.7. The normalized spacial score (nSPS) is 14.3. The molecule has 0 aliphatic heterocycles. The summed E-state index contributed by atoms with van der Waals surface area (Å²) in [4.78, 5) is 15.3. The van der Waals surface area contributed by atoms with Crippen LogP contribution in [0.4, 0.5) is 0 Å². The first-order valence-corrected chi connectivity index (χ1v) is 19.9. The highest BCUT2D eigenvalue weighted by atomic mass is 16.3. The molecule has 12 rings (SSSR count). The molecule has 0 radical (unpaired) electrons. The van der Waals surface area contributed by atoms with Gasteiger partial charge in [-0.2, -0.15) is 0 Å². The first-order chi connectivity index (χ1) is 35.7. The molecule has 0 N–H and O–H groups in total. The van der Waals surface area contributed by atoms with Crippen molar-refractivity contribution < 1.29 is 20.9 Å². The summed E-state index contributed by atoms with van der Waals surface area (Å²) in [5, 5.41) is 1.47. The molecule has 290 valence electrons. The number of fused-ring (bicyclic) bond motifs is 6. The number of nitrogens with zero attached hydrogens (tertiary/aromatic N) is 4. The molecular weight excluding hydrogens is 757 g/mol. The van der Waals surface area contributed by atoms with Gasteiger partial charge in [0, 0.05) is 38.2 Å². The highest BCUT2D eigenvalue weighted by Crippen LogP contribution is 2.40. The minimum absolute atomic E-state index is 0.131. The van der Waals surface area contributed by atoms with Gasteiger partial charge < -0.3 is 8.98 Å². The van der Waals surface area contributed by atoms with E-state index >= 15 is 0 Å². The monoisotopic (exact) mass is 804 g/mol. The van der Waals surface area contributed by atoms with Gasteiger partial charge in [0.25, 0.3) is 0 Å². The summed E-state index contributed by atoms with van der Waals surface area (Å²) in [5.41, 5.74) is 5.40. The van der Waals surface area contributed by atoms with E-state index in [0.29, 0.717) is 39.2 Å². The summed E-state index contributed by atoms with van der Waals surface area (Å²) >= 11 is 0. The quantitative estimate of drug-likeness (QED) is 0.161. The van der Waals surface area contributed by atoms with Crippen molar-refractivity contribution >= 4 is 43.7 Å². The van der Waals surface area contributed by atoms with Crippen LogP contribution >= 0.6 is 0 Å². The average molecular weight is 805 g/mol. The van der Waals surface area contributed by atoms with E-state index in [2.05, 4.69) is 0 Å². The maximum Gasteiger partial charge on any atom is 0.166 e. The van der Waals surface area contributed by atoms with Gasteiger partial charge in [-0.15, -0.1) is 0 Å². The second-order valence-electron chi connectivity index (χ2n) is 14.7. The minimum Gasteiger partial charge on any atom is -0.456 e. The molecule has 0 atom stereocenters. The van der Waals surface area contributed by atoms with Gasteiger partial charge in [-0.3, -0.25) is 0 Å². The van der Waals surface area contributed by atoms with Gasteiger partial charge >= 0.3 is 0 Å².